The lowest BCUT2D eigenvalue weighted by Gasteiger charge is -2.26. The molecule has 1 aliphatic heterocycles. The number of alkyl halides is 1. The highest BCUT2D eigenvalue weighted by atomic mass is 19.1. The molecule has 0 atom stereocenters. The average Bonchev–Trinajstić information content (AvgIpc) is 2.14. The summed E-state index contributed by atoms with van der Waals surface area (Å²) in [7, 11) is 0. The molecule has 1 nitrogen and oxygen atoms in total. The molecule has 0 aromatic carbocycles. The van der Waals surface area contributed by atoms with Crippen molar-refractivity contribution < 1.29 is 4.39 Å². The van der Waals surface area contributed by atoms with E-state index in [9.17, 15) is 4.39 Å². The van der Waals surface area contributed by atoms with Crippen molar-refractivity contribution in [3.63, 3.8) is 0 Å². The van der Waals surface area contributed by atoms with Crippen LogP contribution in [0.25, 0.3) is 0 Å². The predicted molar refractivity (Wildman–Crippen MR) is 50.1 cm³/mol. The van der Waals surface area contributed by atoms with Crippen LogP contribution in [0.2, 0.25) is 0 Å². The van der Waals surface area contributed by atoms with Gasteiger partial charge in [0, 0.05) is 0 Å². The third-order valence-corrected chi connectivity index (χ3v) is 2.56. The Labute approximate surface area is 74.9 Å². The number of rotatable bonds is 5. The highest BCUT2D eigenvalue weighted by Crippen LogP contribution is 2.09. The zero-order chi connectivity index (χ0) is 8.65. The van der Waals surface area contributed by atoms with Crippen LogP contribution in [0.15, 0.2) is 0 Å². The third-order valence-electron chi connectivity index (χ3n) is 2.56. The average molecular weight is 173 g/mol. The molecular weight excluding hydrogens is 153 g/mol. The van der Waals surface area contributed by atoms with Crippen molar-refractivity contribution in [2.75, 3.05) is 26.3 Å². The second-order valence-electron chi connectivity index (χ2n) is 3.65. The first-order valence-corrected chi connectivity index (χ1v) is 5.22. The summed E-state index contributed by atoms with van der Waals surface area (Å²) in [5.74, 6) is 0. The summed E-state index contributed by atoms with van der Waals surface area (Å²) >= 11 is 0. The molecule has 0 aromatic heterocycles. The van der Waals surface area contributed by atoms with E-state index >= 15 is 0 Å². The Morgan fingerprint density at radius 3 is 2.33 bits per heavy atom. The van der Waals surface area contributed by atoms with Gasteiger partial charge < -0.3 is 4.90 Å². The lowest BCUT2D eigenvalue weighted by Crippen LogP contribution is -2.30. The van der Waals surface area contributed by atoms with E-state index in [0.29, 0.717) is 0 Å². The molecule has 1 heterocycles. The van der Waals surface area contributed by atoms with Gasteiger partial charge in [-0.2, -0.15) is 0 Å². The summed E-state index contributed by atoms with van der Waals surface area (Å²) < 4.78 is 11.7. The lowest BCUT2D eigenvalue weighted by molar-refractivity contribution is 0.223. The Hall–Kier alpha value is -0.110. The number of likely N-dealkylation sites (tertiary alicyclic amines) is 1. The first-order chi connectivity index (χ1) is 5.93. The number of nitrogens with zero attached hydrogens (tertiary/aromatic N) is 1. The van der Waals surface area contributed by atoms with Crippen LogP contribution in [-0.4, -0.2) is 31.2 Å². The molecule has 0 unspecified atom stereocenters. The van der Waals surface area contributed by atoms with Crippen LogP contribution in [0.3, 0.4) is 0 Å². The molecule has 0 radical (unpaired) electrons. The molecule has 0 aromatic rings. The number of hydrogen-bond acceptors (Lipinski definition) is 1. The molecule has 0 spiro atoms. The standard InChI is InChI=1S/C10H20FN/c11-7-3-1-4-8-12-9-5-2-6-10-12/h1-10H2. The minimum atomic E-state index is -0.139. The van der Waals surface area contributed by atoms with Gasteiger partial charge in [-0.3, -0.25) is 4.39 Å². The monoisotopic (exact) mass is 173 g/mol. The SMILES string of the molecule is FCCCCCN1CCCCC1. The van der Waals surface area contributed by atoms with Gasteiger partial charge in [0.05, 0.1) is 6.67 Å². The van der Waals surface area contributed by atoms with E-state index in [1.54, 1.807) is 0 Å². The maximum atomic E-state index is 11.7. The van der Waals surface area contributed by atoms with Crippen LogP contribution in [0, 0.1) is 0 Å². The summed E-state index contributed by atoms with van der Waals surface area (Å²) in [6.07, 6.45) is 7.14. The van der Waals surface area contributed by atoms with Crippen molar-refractivity contribution in [2.45, 2.75) is 38.5 Å². The summed E-state index contributed by atoms with van der Waals surface area (Å²) in [5, 5.41) is 0. The smallest absolute Gasteiger partial charge is 0.0894 e. The van der Waals surface area contributed by atoms with Crippen LogP contribution in [0.4, 0.5) is 4.39 Å². The minimum absolute atomic E-state index is 0.139. The predicted octanol–water partition coefficient (Wildman–Crippen LogP) is 2.61. The number of piperidine rings is 1. The Balaban J connectivity index is 1.91. The van der Waals surface area contributed by atoms with Gasteiger partial charge in [-0.05, 0) is 51.7 Å². The Morgan fingerprint density at radius 1 is 0.917 bits per heavy atom. The molecular formula is C10H20FN. The molecule has 1 saturated heterocycles. The molecule has 0 saturated carbocycles. The van der Waals surface area contributed by atoms with Crippen molar-refractivity contribution >= 4 is 0 Å². The topological polar surface area (TPSA) is 3.24 Å². The molecule has 1 aliphatic rings. The quantitative estimate of drug-likeness (QED) is 0.578. The van der Waals surface area contributed by atoms with Crippen LogP contribution in [0.1, 0.15) is 38.5 Å². The molecule has 2 heteroatoms. The van der Waals surface area contributed by atoms with Crippen molar-refractivity contribution in [3.8, 4) is 0 Å². The zero-order valence-electron chi connectivity index (χ0n) is 7.90. The van der Waals surface area contributed by atoms with Crippen molar-refractivity contribution in [1.29, 1.82) is 0 Å². The summed E-state index contributed by atoms with van der Waals surface area (Å²) in [6, 6.07) is 0. The molecule has 0 N–H and O–H groups in total. The van der Waals surface area contributed by atoms with E-state index in [-0.39, 0.29) is 6.67 Å². The van der Waals surface area contributed by atoms with E-state index in [4.69, 9.17) is 0 Å². The van der Waals surface area contributed by atoms with Crippen molar-refractivity contribution in [1.82, 2.24) is 4.90 Å². The van der Waals surface area contributed by atoms with E-state index in [0.717, 1.165) is 12.8 Å². The summed E-state index contributed by atoms with van der Waals surface area (Å²) in [5.41, 5.74) is 0. The first-order valence-electron chi connectivity index (χ1n) is 5.22. The highest BCUT2D eigenvalue weighted by molar-refractivity contribution is 4.63. The summed E-state index contributed by atoms with van der Waals surface area (Å²) in [6.45, 7) is 3.60. The van der Waals surface area contributed by atoms with Gasteiger partial charge in [-0.15, -0.1) is 0 Å². The van der Waals surface area contributed by atoms with Gasteiger partial charge in [-0.25, -0.2) is 0 Å². The molecule has 0 bridgehead atoms. The number of halogens is 1. The number of unbranched alkanes of at least 4 members (excludes halogenated alkanes) is 2. The largest absolute Gasteiger partial charge is 0.303 e. The van der Waals surface area contributed by atoms with Gasteiger partial charge in [0.1, 0.15) is 0 Å². The Bertz CT molecular complexity index is 100. The normalized spacial score (nSPS) is 19.8. The van der Waals surface area contributed by atoms with Gasteiger partial charge in [0.25, 0.3) is 0 Å². The molecule has 12 heavy (non-hydrogen) atoms. The van der Waals surface area contributed by atoms with Crippen molar-refractivity contribution in [3.05, 3.63) is 0 Å². The van der Waals surface area contributed by atoms with E-state index in [1.807, 2.05) is 0 Å². The maximum absolute atomic E-state index is 11.7. The van der Waals surface area contributed by atoms with Crippen LogP contribution in [-0.2, 0) is 0 Å². The molecule has 0 amide bonds. The molecule has 0 aliphatic carbocycles. The Kier molecular flexibility index (Phi) is 5.33. The second kappa shape index (κ2) is 6.41. The minimum Gasteiger partial charge on any atom is -0.303 e. The van der Waals surface area contributed by atoms with Gasteiger partial charge in [0.2, 0.25) is 0 Å². The van der Waals surface area contributed by atoms with Gasteiger partial charge in [0.15, 0.2) is 0 Å². The fraction of sp³-hybridized carbons (Fsp3) is 1.00. The maximum Gasteiger partial charge on any atom is 0.0894 e. The Morgan fingerprint density at radius 2 is 1.67 bits per heavy atom. The fourth-order valence-corrected chi connectivity index (χ4v) is 1.79. The third kappa shape index (κ3) is 4.05. The van der Waals surface area contributed by atoms with E-state index in [1.165, 1.54) is 45.3 Å². The first kappa shape index (κ1) is 9.97. The molecule has 1 fully saturated rings. The zero-order valence-corrected chi connectivity index (χ0v) is 7.90. The lowest BCUT2D eigenvalue weighted by atomic mass is 10.1. The van der Waals surface area contributed by atoms with E-state index < -0.39 is 0 Å². The van der Waals surface area contributed by atoms with Gasteiger partial charge in [-0.1, -0.05) is 6.42 Å². The highest BCUT2D eigenvalue weighted by Gasteiger charge is 2.08. The molecule has 1 rings (SSSR count). The summed E-state index contributed by atoms with van der Waals surface area (Å²) in [4.78, 5) is 2.52. The second-order valence-corrected chi connectivity index (χ2v) is 3.65. The molecule has 72 valence electrons. The van der Waals surface area contributed by atoms with Crippen LogP contribution >= 0.6 is 0 Å². The van der Waals surface area contributed by atoms with E-state index in [2.05, 4.69) is 4.90 Å². The fourth-order valence-electron chi connectivity index (χ4n) is 1.79. The number of hydrogen-bond donors (Lipinski definition) is 0. The van der Waals surface area contributed by atoms with Gasteiger partial charge >= 0.3 is 0 Å². The van der Waals surface area contributed by atoms with Crippen LogP contribution < -0.4 is 0 Å². The van der Waals surface area contributed by atoms with Crippen LogP contribution in [0.5, 0.6) is 0 Å². The van der Waals surface area contributed by atoms with Crippen molar-refractivity contribution in [2.24, 2.45) is 0 Å².